The molecule has 192 valence electrons. The zero-order chi connectivity index (χ0) is 25.7. The van der Waals surface area contributed by atoms with Crippen molar-refractivity contribution >= 4 is 17.0 Å². The fraction of sp³-hybridized carbons (Fsp3) is 0.462. The molecule has 2 aliphatic rings. The molecular weight excluding hydrogens is 475 g/mol. The minimum absolute atomic E-state index is 0.0809. The van der Waals surface area contributed by atoms with Gasteiger partial charge in [-0.3, -0.25) is 14.3 Å². The molecule has 1 atom stereocenters. The maximum Gasteiger partial charge on any atom is 0.419 e. The van der Waals surface area contributed by atoms with Gasteiger partial charge in [-0.05, 0) is 60.3 Å². The van der Waals surface area contributed by atoms with E-state index in [1.165, 1.54) is 10.6 Å². The molecule has 3 aromatic rings. The number of benzene rings is 2. The lowest BCUT2D eigenvalue weighted by molar-refractivity contribution is -0.145. The number of ether oxygens (including phenoxy) is 1. The molecular formula is C26H28F3N3O4. The number of fused-ring (bicyclic) bond motifs is 2. The van der Waals surface area contributed by atoms with Crippen molar-refractivity contribution in [3.05, 3.63) is 69.2 Å². The van der Waals surface area contributed by atoms with Crippen LogP contribution in [-0.2, 0) is 42.3 Å². The van der Waals surface area contributed by atoms with E-state index in [1.54, 1.807) is 25.1 Å². The van der Waals surface area contributed by atoms with E-state index in [-0.39, 0.29) is 19.1 Å². The third kappa shape index (κ3) is 4.43. The zero-order valence-electron chi connectivity index (χ0n) is 20.2. The van der Waals surface area contributed by atoms with E-state index in [0.29, 0.717) is 55.7 Å². The second-order valence-corrected chi connectivity index (χ2v) is 9.86. The van der Waals surface area contributed by atoms with Gasteiger partial charge in [0.25, 0.3) is 0 Å². The second kappa shape index (κ2) is 9.08. The number of aryl methyl sites for hydroxylation is 1. The van der Waals surface area contributed by atoms with Gasteiger partial charge in [0, 0.05) is 40.3 Å². The molecule has 10 heteroatoms. The molecule has 0 N–H and O–H groups in total. The predicted octanol–water partition coefficient (Wildman–Crippen LogP) is 3.57. The molecule has 7 nitrogen and oxygen atoms in total. The first kappa shape index (κ1) is 24.6. The van der Waals surface area contributed by atoms with Crippen LogP contribution in [0.1, 0.15) is 28.7 Å². The lowest BCUT2D eigenvalue weighted by Gasteiger charge is -2.37. The fourth-order valence-corrected chi connectivity index (χ4v) is 5.49. The number of alkyl halides is 3. The topological polar surface area (TPSA) is 67.9 Å². The highest BCUT2D eigenvalue weighted by Crippen LogP contribution is 2.37. The molecule has 0 radical (unpaired) electrons. The van der Waals surface area contributed by atoms with Gasteiger partial charge in [-0.2, -0.15) is 13.2 Å². The van der Waals surface area contributed by atoms with Gasteiger partial charge in [0.2, 0.25) is 5.91 Å². The second-order valence-electron chi connectivity index (χ2n) is 9.86. The summed E-state index contributed by atoms with van der Waals surface area (Å²) < 4.78 is 51.8. The molecule has 1 unspecified atom stereocenters. The number of hydrogen-bond donors (Lipinski definition) is 0. The van der Waals surface area contributed by atoms with Crippen LogP contribution in [0.5, 0.6) is 0 Å². The quantitative estimate of drug-likeness (QED) is 0.533. The smallest absolute Gasteiger partial charge is 0.408 e. The molecule has 2 aliphatic heterocycles. The van der Waals surface area contributed by atoms with Crippen molar-refractivity contribution in [3.63, 3.8) is 0 Å². The number of carbonyl (C=O) groups excluding carboxylic acids is 1. The number of likely N-dealkylation sites (tertiary alicyclic amines) is 1. The number of carbonyl (C=O) groups is 1. The van der Waals surface area contributed by atoms with Crippen LogP contribution in [0, 0.1) is 5.41 Å². The van der Waals surface area contributed by atoms with Gasteiger partial charge in [-0.25, -0.2) is 4.79 Å². The third-order valence-corrected chi connectivity index (χ3v) is 7.40. The Morgan fingerprint density at radius 2 is 1.94 bits per heavy atom. The van der Waals surface area contributed by atoms with Crippen molar-refractivity contribution in [3.8, 4) is 0 Å². The molecule has 0 aliphatic carbocycles. The summed E-state index contributed by atoms with van der Waals surface area (Å²) in [5.74, 6) is -0.499. The van der Waals surface area contributed by atoms with E-state index < -0.39 is 22.9 Å². The van der Waals surface area contributed by atoms with Gasteiger partial charge in [-0.15, -0.1) is 0 Å². The van der Waals surface area contributed by atoms with Crippen molar-refractivity contribution < 1.29 is 27.1 Å². The van der Waals surface area contributed by atoms with Gasteiger partial charge in [0.15, 0.2) is 5.58 Å². The average molecular weight is 504 g/mol. The first-order chi connectivity index (χ1) is 17.1. The Hall–Kier alpha value is -3.11. The number of rotatable bonds is 5. The Balaban J connectivity index is 1.33. The zero-order valence-corrected chi connectivity index (χ0v) is 20.2. The molecule has 0 saturated carbocycles. The van der Waals surface area contributed by atoms with Gasteiger partial charge < -0.3 is 14.1 Å². The van der Waals surface area contributed by atoms with Gasteiger partial charge in [0.05, 0.1) is 23.1 Å². The number of nitrogens with zero attached hydrogens (tertiary/aromatic N) is 3. The highest BCUT2D eigenvalue weighted by molar-refractivity contribution is 5.84. The normalized spacial score (nSPS) is 20.8. The summed E-state index contributed by atoms with van der Waals surface area (Å²) in [6, 6.07) is 9.39. The molecule has 1 saturated heterocycles. The molecule has 1 fully saturated rings. The molecule has 1 aromatic heterocycles. The number of hydrogen-bond acceptors (Lipinski definition) is 5. The third-order valence-electron chi connectivity index (χ3n) is 7.40. The minimum Gasteiger partial charge on any atom is -0.408 e. The fourth-order valence-electron chi connectivity index (χ4n) is 5.49. The van der Waals surface area contributed by atoms with E-state index in [1.807, 2.05) is 12.1 Å². The lowest BCUT2D eigenvalue weighted by Crippen LogP contribution is -2.49. The minimum atomic E-state index is -4.42. The first-order valence-electron chi connectivity index (χ1n) is 11.9. The average Bonchev–Trinajstić information content (AvgIpc) is 3.38. The summed E-state index contributed by atoms with van der Waals surface area (Å²) >= 11 is 0. The van der Waals surface area contributed by atoms with E-state index >= 15 is 0 Å². The summed E-state index contributed by atoms with van der Waals surface area (Å²) in [5.41, 5.74) is 2.17. The molecule has 5 rings (SSSR count). The van der Waals surface area contributed by atoms with Crippen LogP contribution in [-0.4, -0.2) is 53.6 Å². The Kier molecular flexibility index (Phi) is 6.20. The van der Waals surface area contributed by atoms with Crippen molar-refractivity contribution in [2.45, 2.75) is 32.1 Å². The Labute approximate surface area is 206 Å². The first-order valence-corrected chi connectivity index (χ1v) is 11.9. The maximum atomic E-state index is 13.8. The molecule has 0 bridgehead atoms. The molecule has 36 heavy (non-hydrogen) atoms. The Morgan fingerprint density at radius 3 is 2.69 bits per heavy atom. The summed E-state index contributed by atoms with van der Waals surface area (Å²) in [6.45, 7) is 2.62. The Bertz CT molecular complexity index is 1360. The number of halogens is 3. The SMILES string of the molecule is COCC1(C(=O)N2CCc3ccc(C(F)(F)F)cc3C2)CCN(Cc2ccc3oc(=O)n(C)c3c2)C1. The highest BCUT2D eigenvalue weighted by Gasteiger charge is 2.47. The van der Waals surface area contributed by atoms with Crippen LogP contribution >= 0.6 is 0 Å². The number of amides is 1. The summed E-state index contributed by atoms with van der Waals surface area (Å²) in [5, 5.41) is 0. The number of aromatic nitrogens is 1. The van der Waals surface area contributed by atoms with Crippen molar-refractivity contribution in [2.24, 2.45) is 12.5 Å². The van der Waals surface area contributed by atoms with Gasteiger partial charge in [-0.1, -0.05) is 12.1 Å². The van der Waals surface area contributed by atoms with Gasteiger partial charge in [0.1, 0.15) is 0 Å². The van der Waals surface area contributed by atoms with E-state index in [4.69, 9.17) is 9.15 Å². The summed E-state index contributed by atoms with van der Waals surface area (Å²) in [4.78, 5) is 29.4. The van der Waals surface area contributed by atoms with Crippen molar-refractivity contribution in [1.82, 2.24) is 14.4 Å². The number of oxazole rings is 1. The van der Waals surface area contributed by atoms with Crippen LogP contribution in [0.3, 0.4) is 0 Å². The lowest BCUT2D eigenvalue weighted by atomic mass is 9.85. The van der Waals surface area contributed by atoms with Crippen molar-refractivity contribution in [1.29, 1.82) is 0 Å². The van der Waals surface area contributed by atoms with Crippen LogP contribution in [0.15, 0.2) is 45.6 Å². The predicted molar refractivity (Wildman–Crippen MR) is 126 cm³/mol. The number of methoxy groups -OCH3 is 1. The van der Waals surface area contributed by atoms with E-state index in [9.17, 15) is 22.8 Å². The Morgan fingerprint density at radius 1 is 1.14 bits per heavy atom. The molecule has 1 amide bonds. The van der Waals surface area contributed by atoms with Crippen molar-refractivity contribution in [2.75, 3.05) is 33.4 Å². The summed E-state index contributed by atoms with van der Waals surface area (Å²) in [7, 11) is 3.22. The van der Waals surface area contributed by atoms with E-state index in [2.05, 4.69) is 4.90 Å². The molecule has 3 heterocycles. The van der Waals surface area contributed by atoms with Crippen LogP contribution in [0.4, 0.5) is 13.2 Å². The maximum absolute atomic E-state index is 13.8. The van der Waals surface area contributed by atoms with Gasteiger partial charge >= 0.3 is 11.9 Å². The molecule has 2 aromatic carbocycles. The van der Waals surface area contributed by atoms with Crippen LogP contribution in [0.2, 0.25) is 0 Å². The standard InChI is InChI=1S/C26H28F3N3O4/c1-30-21-11-17(3-6-22(21)36-24(30)34)13-31-10-8-25(15-31,16-35-2)23(33)32-9-7-18-4-5-20(26(27,28)29)12-19(18)14-32/h3-6,11-12H,7-10,13-16H2,1-2H3. The van der Waals surface area contributed by atoms with E-state index in [0.717, 1.165) is 23.3 Å². The monoisotopic (exact) mass is 503 g/mol. The summed E-state index contributed by atoms with van der Waals surface area (Å²) in [6.07, 6.45) is -3.30. The van der Waals surface area contributed by atoms with Crippen LogP contribution in [0.25, 0.3) is 11.1 Å². The highest BCUT2D eigenvalue weighted by atomic mass is 19.4. The van der Waals surface area contributed by atoms with Crippen LogP contribution < -0.4 is 5.76 Å². The largest absolute Gasteiger partial charge is 0.419 e. The molecule has 0 spiro atoms.